The zero-order chi connectivity index (χ0) is 34.1. The summed E-state index contributed by atoms with van der Waals surface area (Å²) in [6.07, 6.45) is 0. The summed E-state index contributed by atoms with van der Waals surface area (Å²) in [5, 5.41) is 4.76. The second-order valence-corrected chi connectivity index (χ2v) is 14.2. The minimum atomic E-state index is -0.192. The van der Waals surface area contributed by atoms with Crippen molar-refractivity contribution in [1.82, 2.24) is 0 Å². The van der Waals surface area contributed by atoms with Gasteiger partial charge in [-0.15, -0.1) is 0 Å². The van der Waals surface area contributed by atoms with Crippen LogP contribution in [-0.2, 0) is 5.41 Å². The van der Waals surface area contributed by atoms with Crippen LogP contribution in [0.1, 0.15) is 25.0 Å². The van der Waals surface area contributed by atoms with Gasteiger partial charge in [0, 0.05) is 33.1 Å². The van der Waals surface area contributed by atoms with Crippen LogP contribution in [0.2, 0.25) is 0 Å². The van der Waals surface area contributed by atoms with Crippen molar-refractivity contribution in [2.24, 2.45) is 0 Å². The molecule has 8 aromatic carbocycles. The van der Waals surface area contributed by atoms with Gasteiger partial charge in [-0.25, -0.2) is 0 Å². The van der Waals surface area contributed by atoms with E-state index in [1.165, 1.54) is 55.3 Å². The largest absolute Gasteiger partial charge is 0.456 e. The molecule has 2 nitrogen and oxygen atoms in total. The average Bonchev–Trinajstić information content (AvgIpc) is 3.66. The third kappa shape index (κ3) is 4.71. The van der Waals surface area contributed by atoms with Crippen LogP contribution < -0.4 is 4.90 Å². The van der Waals surface area contributed by atoms with Crippen molar-refractivity contribution in [2.75, 3.05) is 4.90 Å². The predicted octanol–water partition coefficient (Wildman–Crippen LogP) is 13.8. The second-order valence-electron chi connectivity index (χ2n) is 14.2. The molecule has 1 aliphatic carbocycles. The first-order valence-electron chi connectivity index (χ1n) is 17.7. The first-order valence-corrected chi connectivity index (χ1v) is 17.7. The normalized spacial score (nSPS) is 13.1. The molecule has 0 bridgehead atoms. The number of nitrogens with zero attached hydrogens (tertiary/aromatic N) is 1. The predicted molar refractivity (Wildman–Crippen MR) is 214 cm³/mol. The lowest BCUT2D eigenvalue weighted by Crippen LogP contribution is -2.17. The maximum atomic E-state index is 6.26. The third-order valence-electron chi connectivity index (χ3n) is 10.8. The minimum absolute atomic E-state index is 0.192. The molecular weight excluding hydrogens is 619 g/mol. The Bertz CT molecular complexity index is 2790. The Morgan fingerprint density at radius 1 is 0.412 bits per heavy atom. The summed E-state index contributed by atoms with van der Waals surface area (Å²) in [5.41, 5.74) is 15.1. The quantitative estimate of drug-likeness (QED) is 0.184. The molecular formula is C49H35NO. The van der Waals surface area contributed by atoms with Crippen molar-refractivity contribution in [1.29, 1.82) is 0 Å². The van der Waals surface area contributed by atoms with Crippen LogP contribution in [0, 0.1) is 0 Å². The second kappa shape index (κ2) is 11.3. The van der Waals surface area contributed by atoms with Crippen molar-refractivity contribution < 1.29 is 4.42 Å². The van der Waals surface area contributed by atoms with Crippen LogP contribution in [0.25, 0.3) is 66.1 Å². The summed E-state index contributed by atoms with van der Waals surface area (Å²) in [6.45, 7) is 4.75. The number of hydrogen-bond acceptors (Lipinski definition) is 2. The number of para-hydroxylation sites is 2. The fourth-order valence-electron chi connectivity index (χ4n) is 8.22. The molecule has 0 radical (unpaired) electrons. The van der Waals surface area contributed by atoms with Gasteiger partial charge >= 0.3 is 0 Å². The minimum Gasteiger partial charge on any atom is -0.456 e. The molecule has 0 aliphatic heterocycles. The van der Waals surface area contributed by atoms with Crippen LogP contribution in [0.5, 0.6) is 0 Å². The van der Waals surface area contributed by atoms with Gasteiger partial charge in [-0.05, 0) is 104 Å². The first-order chi connectivity index (χ1) is 25.0. The SMILES string of the molecule is CC1(C)c2cc(-c3ccc4ccccc4c3)ccc2-c2ccc(N(c3ccc4oc5ccccc5c4c3)c3ccccc3-c3ccccc3)cc21. The lowest BCUT2D eigenvalue weighted by molar-refractivity contribution is 0.660. The number of hydrogen-bond donors (Lipinski definition) is 0. The van der Waals surface area contributed by atoms with Crippen molar-refractivity contribution in [3.05, 3.63) is 187 Å². The lowest BCUT2D eigenvalue weighted by atomic mass is 9.81. The fraction of sp³-hybridized carbons (Fsp3) is 0.0612. The van der Waals surface area contributed by atoms with Crippen molar-refractivity contribution >= 4 is 49.8 Å². The Kier molecular flexibility index (Phi) is 6.56. The van der Waals surface area contributed by atoms with Gasteiger partial charge in [-0.2, -0.15) is 0 Å². The van der Waals surface area contributed by atoms with E-state index in [0.29, 0.717) is 0 Å². The molecule has 1 aliphatic rings. The van der Waals surface area contributed by atoms with Gasteiger partial charge < -0.3 is 9.32 Å². The van der Waals surface area contributed by atoms with Crippen LogP contribution in [0.4, 0.5) is 17.1 Å². The summed E-state index contributed by atoms with van der Waals surface area (Å²) in [4.78, 5) is 2.42. The Morgan fingerprint density at radius 3 is 1.92 bits per heavy atom. The molecule has 0 saturated heterocycles. The molecule has 0 saturated carbocycles. The molecule has 1 aromatic heterocycles. The van der Waals surface area contributed by atoms with Gasteiger partial charge in [0.1, 0.15) is 11.2 Å². The van der Waals surface area contributed by atoms with Gasteiger partial charge in [0.25, 0.3) is 0 Å². The van der Waals surface area contributed by atoms with Crippen molar-refractivity contribution in [3.8, 4) is 33.4 Å². The Labute approximate surface area is 297 Å². The highest BCUT2D eigenvalue weighted by atomic mass is 16.3. The molecule has 2 heteroatoms. The van der Waals surface area contributed by atoms with Crippen molar-refractivity contribution in [3.63, 3.8) is 0 Å². The summed E-state index contributed by atoms with van der Waals surface area (Å²) >= 11 is 0. The smallest absolute Gasteiger partial charge is 0.135 e. The Balaban J connectivity index is 1.14. The topological polar surface area (TPSA) is 16.4 Å². The first kappa shape index (κ1) is 29.5. The number of rotatable bonds is 5. The number of anilines is 3. The zero-order valence-electron chi connectivity index (χ0n) is 28.6. The molecule has 0 atom stereocenters. The number of benzene rings is 8. The number of furan rings is 1. The monoisotopic (exact) mass is 653 g/mol. The van der Waals surface area contributed by atoms with Crippen LogP contribution >= 0.6 is 0 Å². The lowest BCUT2D eigenvalue weighted by Gasteiger charge is -2.30. The van der Waals surface area contributed by atoms with E-state index in [1.54, 1.807) is 0 Å². The molecule has 10 rings (SSSR count). The van der Waals surface area contributed by atoms with E-state index in [0.717, 1.165) is 39.0 Å². The van der Waals surface area contributed by atoms with E-state index in [2.05, 4.69) is 183 Å². The average molecular weight is 654 g/mol. The van der Waals surface area contributed by atoms with E-state index in [9.17, 15) is 0 Å². The van der Waals surface area contributed by atoms with E-state index in [-0.39, 0.29) is 5.41 Å². The van der Waals surface area contributed by atoms with Crippen LogP contribution in [0.3, 0.4) is 0 Å². The van der Waals surface area contributed by atoms with E-state index >= 15 is 0 Å². The standard InChI is InChI=1S/C49H35NO/c1-49(2)44-29-36(35-21-20-32-12-6-7-15-34(32)28-35)22-25-40(44)41-26-23-38(31-45(41)49)50(46-18-10-8-16-39(46)33-13-4-3-5-14-33)37-24-27-48-43(30-37)42-17-9-11-19-47(42)51-48/h3-31H,1-2H3. The van der Waals surface area contributed by atoms with Crippen LogP contribution in [-0.4, -0.2) is 0 Å². The van der Waals surface area contributed by atoms with Gasteiger partial charge in [-0.3, -0.25) is 0 Å². The summed E-state index contributed by atoms with van der Waals surface area (Å²) < 4.78 is 6.26. The molecule has 242 valence electrons. The molecule has 9 aromatic rings. The third-order valence-corrected chi connectivity index (χ3v) is 10.8. The van der Waals surface area contributed by atoms with Gasteiger partial charge in [0.05, 0.1) is 5.69 Å². The maximum absolute atomic E-state index is 6.26. The van der Waals surface area contributed by atoms with E-state index in [4.69, 9.17) is 4.42 Å². The Morgan fingerprint density at radius 2 is 1.04 bits per heavy atom. The van der Waals surface area contributed by atoms with E-state index in [1.807, 2.05) is 12.1 Å². The van der Waals surface area contributed by atoms with Gasteiger partial charge in [0.15, 0.2) is 0 Å². The molecule has 1 heterocycles. The number of fused-ring (bicyclic) bond motifs is 7. The van der Waals surface area contributed by atoms with Crippen molar-refractivity contribution in [2.45, 2.75) is 19.3 Å². The van der Waals surface area contributed by atoms with E-state index < -0.39 is 0 Å². The fourth-order valence-corrected chi connectivity index (χ4v) is 8.22. The maximum Gasteiger partial charge on any atom is 0.135 e. The summed E-state index contributed by atoms with van der Waals surface area (Å²) in [5.74, 6) is 0. The Hall–Kier alpha value is -6.38. The molecule has 0 spiro atoms. The molecule has 0 N–H and O–H groups in total. The highest BCUT2D eigenvalue weighted by Crippen LogP contribution is 2.52. The molecule has 51 heavy (non-hydrogen) atoms. The zero-order valence-corrected chi connectivity index (χ0v) is 28.6. The summed E-state index contributed by atoms with van der Waals surface area (Å²) in [6, 6.07) is 63.8. The molecule has 0 fully saturated rings. The molecule has 0 unspecified atom stereocenters. The van der Waals surface area contributed by atoms with Crippen LogP contribution in [0.15, 0.2) is 180 Å². The van der Waals surface area contributed by atoms with Gasteiger partial charge in [0.2, 0.25) is 0 Å². The molecule has 0 amide bonds. The highest BCUT2D eigenvalue weighted by molar-refractivity contribution is 6.07. The highest BCUT2D eigenvalue weighted by Gasteiger charge is 2.36. The summed E-state index contributed by atoms with van der Waals surface area (Å²) in [7, 11) is 0. The van der Waals surface area contributed by atoms with Gasteiger partial charge in [-0.1, -0.05) is 135 Å².